The maximum atomic E-state index is 11.0. The topological polar surface area (TPSA) is 77.8 Å². The molecule has 2 rings (SSSR count). The molecule has 1 aromatic rings. The Kier molecular flexibility index (Phi) is 9.30. The minimum absolute atomic E-state index is 0.0220. The van der Waals surface area contributed by atoms with Crippen LogP contribution in [0.15, 0.2) is 24.3 Å². The first-order valence-corrected chi connectivity index (χ1v) is 11.2. The molecular weight excluding hydrogens is 384 g/mol. The Labute approximate surface area is 170 Å². The van der Waals surface area contributed by atoms with Crippen molar-refractivity contribution in [2.24, 2.45) is 11.8 Å². The van der Waals surface area contributed by atoms with Crippen molar-refractivity contribution < 1.29 is 20.1 Å². The summed E-state index contributed by atoms with van der Waals surface area (Å²) in [6, 6.07) is 3.53. The molecule has 0 spiro atoms. The van der Waals surface area contributed by atoms with E-state index >= 15 is 0 Å². The molecule has 0 aromatic carbocycles. The monoisotopic (exact) mass is 414 g/mol. The zero-order chi connectivity index (χ0) is 19.8. The Morgan fingerprint density at radius 1 is 1.37 bits per heavy atom. The molecule has 1 aliphatic carbocycles. The average molecular weight is 415 g/mol. The molecule has 1 saturated carbocycles. The number of hydrogen-bond acceptors (Lipinski definition) is 4. The first kappa shape index (κ1) is 22.4. The van der Waals surface area contributed by atoms with Gasteiger partial charge in [0.25, 0.3) is 0 Å². The summed E-state index contributed by atoms with van der Waals surface area (Å²) in [7, 11) is 0. The molecule has 0 radical (unpaired) electrons. The fourth-order valence-corrected chi connectivity index (χ4v) is 5.19. The summed E-state index contributed by atoms with van der Waals surface area (Å²) in [4.78, 5) is 12.4. The second-order valence-corrected chi connectivity index (χ2v) is 9.20. The second-order valence-electron chi connectivity index (χ2n) is 7.47. The van der Waals surface area contributed by atoms with Gasteiger partial charge in [0.1, 0.15) is 4.88 Å². The molecule has 6 heteroatoms. The molecular formula is C21H31ClO4S. The zero-order valence-corrected chi connectivity index (χ0v) is 17.5. The lowest BCUT2D eigenvalue weighted by atomic mass is 9.89. The molecule has 0 amide bonds. The minimum Gasteiger partial charge on any atom is -0.477 e. The normalized spacial score (nSPS) is 26.7. The number of rotatable bonds is 11. The predicted octanol–water partition coefficient (Wildman–Crippen LogP) is 4.87. The third kappa shape index (κ3) is 6.90. The van der Waals surface area contributed by atoms with Gasteiger partial charge in [0.2, 0.25) is 0 Å². The molecule has 1 heterocycles. The van der Waals surface area contributed by atoms with Gasteiger partial charge in [-0.3, -0.25) is 0 Å². The van der Waals surface area contributed by atoms with Gasteiger partial charge < -0.3 is 15.3 Å². The van der Waals surface area contributed by atoms with E-state index in [4.69, 9.17) is 16.7 Å². The molecule has 27 heavy (non-hydrogen) atoms. The number of carbonyl (C=O) groups is 1. The molecule has 152 valence electrons. The van der Waals surface area contributed by atoms with Crippen LogP contribution in [-0.2, 0) is 6.42 Å². The Bertz CT molecular complexity index is 615. The molecule has 0 bridgehead atoms. The highest BCUT2D eigenvalue weighted by Crippen LogP contribution is 2.40. The van der Waals surface area contributed by atoms with Crippen molar-refractivity contribution in [2.45, 2.75) is 75.9 Å². The number of carboxylic acid groups (broad SMARTS) is 1. The van der Waals surface area contributed by atoms with E-state index < -0.39 is 18.2 Å². The highest BCUT2D eigenvalue weighted by Gasteiger charge is 2.39. The summed E-state index contributed by atoms with van der Waals surface area (Å²) in [6.07, 6.45) is 10.1. The van der Waals surface area contributed by atoms with Crippen LogP contribution in [0, 0.1) is 11.8 Å². The van der Waals surface area contributed by atoms with E-state index in [-0.39, 0.29) is 17.2 Å². The lowest BCUT2D eigenvalue weighted by molar-refractivity contribution is 0.0702. The number of unbranched alkanes of at least 4 members (excludes halogenated alkanes) is 2. The minimum atomic E-state index is -0.881. The fraction of sp³-hybridized carbons (Fsp3) is 0.667. The lowest BCUT2D eigenvalue weighted by Gasteiger charge is -2.21. The van der Waals surface area contributed by atoms with Gasteiger partial charge in [-0.15, -0.1) is 22.9 Å². The van der Waals surface area contributed by atoms with Crippen LogP contribution < -0.4 is 0 Å². The van der Waals surface area contributed by atoms with Crippen LogP contribution in [0.25, 0.3) is 0 Å². The highest BCUT2D eigenvalue weighted by atomic mass is 35.5. The van der Waals surface area contributed by atoms with Gasteiger partial charge >= 0.3 is 5.97 Å². The molecule has 0 saturated heterocycles. The standard InChI is InChI=1S/C21H31ClO4S/c1-2-3-4-6-14(23)9-11-17-16(18(22)13-19(17)24)8-5-7-15-10-12-20(27-15)21(25)26/h9-12,14,16-19,23-24H,2-8,13H2,1H3,(H,25,26)/t14-,16-,17+,18+,19-/m1/s1. The van der Waals surface area contributed by atoms with E-state index in [9.17, 15) is 15.0 Å². The number of thiophene rings is 1. The Hall–Kier alpha value is -0.880. The van der Waals surface area contributed by atoms with Crippen molar-refractivity contribution in [3.05, 3.63) is 34.0 Å². The number of alkyl halides is 1. The first-order valence-electron chi connectivity index (χ1n) is 9.92. The summed E-state index contributed by atoms with van der Waals surface area (Å²) in [5, 5.41) is 29.4. The molecule has 1 fully saturated rings. The molecule has 5 atom stereocenters. The summed E-state index contributed by atoms with van der Waals surface area (Å²) in [5.74, 6) is -0.723. The SMILES string of the molecule is CCCCC[C@@H](O)C=C[C@H]1[C@@H](CCCc2ccc(C(=O)O)s2)[C@@H](Cl)C[C@H]1O. The van der Waals surface area contributed by atoms with Crippen molar-refractivity contribution in [2.75, 3.05) is 0 Å². The number of aryl methyl sites for hydroxylation is 1. The van der Waals surface area contributed by atoms with Crippen LogP contribution in [0.5, 0.6) is 0 Å². The Morgan fingerprint density at radius 3 is 2.81 bits per heavy atom. The number of carboxylic acids is 1. The fourth-order valence-electron chi connectivity index (χ4n) is 3.83. The van der Waals surface area contributed by atoms with E-state index in [1.165, 1.54) is 11.3 Å². The van der Waals surface area contributed by atoms with Crippen LogP contribution in [-0.4, -0.2) is 38.9 Å². The van der Waals surface area contributed by atoms with Crippen LogP contribution >= 0.6 is 22.9 Å². The summed E-state index contributed by atoms with van der Waals surface area (Å²) >= 11 is 7.80. The van der Waals surface area contributed by atoms with E-state index in [0.29, 0.717) is 11.3 Å². The van der Waals surface area contributed by atoms with Crippen molar-refractivity contribution in [1.29, 1.82) is 0 Å². The summed E-state index contributed by atoms with van der Waals surface area (Å²) in [6.45, 7) is 2.14. The first-order chi connectivity index (χ1) is 12.9. The molecule has 4 nitrogen and oxygen atoms in total. The van der Waals surface area contributed by atoms with Crippen LogP contribution in [0.3, 0.4) is 0 Å². The third-order valence-electron chi connectivity index (χ3n) is 5.36. The van der Waals surface area contributed by atoms with E-state index in [2.05, 4.69) is 6.92 Å². The average Bonchev–Trinajstić information content (AvgIpc) is 3.19. The van der Waals surface area contributed by atoms with Gasteiger partial charge in [0.05, 0.1) is 12.2 Å². The van der Waals surface area contributed by atoms with Crippen molar-refractivity contribution in [3.8, 4) is 0 Å². The number of hydrogen-bond donors (Lipinski definition) is 3. The Balaban J connectivity index is 1.85. The van der Waals surface area contributed by atoms with Crippen molar-refractivity contribution in [1.82, 2.24) is 0 Å². The van der Waals surface area contributed by atoms with E-state index in [1.54, 1.807) is 6.07 Å². The summed E-state index contributed by atoms with van der Waals surface area (Å²) in [5.41, 5.74) is 0. The Morgan fingerprint density at radius 2 is 2.15 bits per heavy atom. The van der Waals surface area contributed by atoms with E-state index in [1.807, 2.05) is 18.2 Å². The molecule has 1 aromatic heterocycles. The van der Waals surface area contributed by atoms with Crippen molar-refractivity contribution >= 4 is 28.9 Å². The van der Waals surface area contributed by atoms with Crippen LogP contribution in [0.2, 0.25) is 0 Å². The van der Waals surface area contributed by atoms with E-state index in [0.717, 1.165) is 49.8 Å². The number of halogens is 1. The smallest absolute Gasteiger partial charge is 0.345 e. The quantitative estimate of drug-likeness (QED) is 0.274. The maximum Gasteiger partial charge on any atom is 0.345 e. The molecule has 1 aliphatic rings. The van der Waals surface area contributed by atoms with Crippen molar-refractivity contribution in [3.63, 3.8) is 0 Å². The van der Waals surface area contributed by atoms with Gasteiger partial charge in [-0.25, -0.2) is 4.79 Å². The number of aliphatic hydroxyl groups is 2. The van der Waals surface area contributed by atoms with Gasteiger partial charge in [0.15, 0.2) is 0 Å². The van der Waals surface area contributed by atoms with Crippen LogP contribution in [0.1, 0.15) is 66.4 Å². The van der Waals surface area contributed by atoms with Gasteiger partial charge in [0, 0.05) is 16.2 Å². The van der Waals surface area contributed by atoms with Crippen LogP contribution in [0.4, 0.5) is 0 Å². The molecule has 0 unspecified atom stereocenters. The maximum absolute atomic E-state index is 11.0. The molecule has 3 N–H and O–H groups in total. The third-order valence-corrected chi connectivity index (χ3v) is 7.00. The molecule has 0 aliphatic heterocycles. The lowest BCUT2D eigenvalue weighted by Crippen LogP contribution is -2.19. The van der Waals surface area contributed by atoms with Gasteiger partial charge in [-0.05, 0) is 50.2 Å². The number of aliphatic hydroxyl groups excluding tert-OH is 2. The van der Waals surface area contributed by atoms with Gasteiger partial charge in [-0.1, -0.05) is 38.3 Å². The zero-order valence-electron chi connectivity index (χ0n) is 15.9. The summed E-state index contributed by atoms with van der Waals surface area (Å²) < 4.78 is 0. The largest absolute Gasteiger partial charge is 0.477 e. The number of aromatic carboxylic acids is 1. The van der Waals surface area contributed by atoms with Gasteiger partial charge in [-0.2, -0.15) is 0 Å². The second kappa shape index (κ2) is 11.2. The predicted molar refractivity (Wildman–Crippen MR) is 111 cm³/mol. The highest BCUT2D eigenvalue weighted by molar-refractivity contribution is 7.13.